The molecule has 2 aromatic heterocycles. The van der Waals surface area contributed by atoms with Gasteiger partial charge < -0.3 is 14.8 Å². The van der Waals surface area contributed by atoms with Gasteiger partial charge in [-0.1, -0.05) is 55.8 Å². The third kappa shape index (κ3) is 4.23. The van der Waals surface area contributed by atoms with Gasteiger partial charge in [-0.15, -0.1) is 11.3 Å². The molecule has 1 unspecified atom stereocenters. The zero-order chi connectivity index (χ0) is 26.3. The molecule has 0 radical (unpaired) electrons. The van der Waals surface area contributed by atoms with Crippen LogP contribution < -0.4 is 5.32 Å². The van der Waals surface area contributed by atoms with Crippen LogP contribution in [0.25, 0.3) is 10.2 Å². The van der Waals surface area contributed by atoms with Crippen molar-refractivity contribution in [2.24, 2.45) is 5.92 Å². The number of halogens is 1. The monoisotopic (exact) mass is 529 g/mol. The fourth-order valence-corrected chi connectivity index (χ4v) is 7.06. The number of rotatable bonds is 6. The number of nitrogens with zero attached hydrogens (tertiary/aromatic N) is 2. The van der Waals surface area contributed by atoms with Crippen LogP contribution in [0.3, 0.4) is 0 Å². The predicted molar refractivity (Wildman–Crippen MR) is 148 cm³/mol. The van der Waals surface area contributed by atoms with E-state index in [1.807, 2.05) is 52.4 Å². The molecule has 1 aliphatic heterocycles. The van der Waals surface area contributed by atoms with E-state index in [1.165, 1.54) is 18.6 Å². The molecule has 7 heteroatoms. The topological polar surface area (TPSA) is 54.3 Å². The molecule has 2 aliphatic rings. The Balaban J connectivity index is 1.47. The lowest BCUT2D eigenvalue weighted by atomic mass is 9.81. The summed E-state index contributed by atoms with van der Waals surface area (Å²) in [6, 6.07) is 19.9. The minimum atomic E-state index is -1.25. The Morgan fingerprint density at radius 2 is 1.79 bits per heavy atom. The van der Waals surface area contributed by atoms with Gasteiger partial charge in [-0.05, 0) is 72.4 Å². The standard InChI is InChI=1S/C31H32FN3O2S/c1-2-21-10-14-25(15-11-21)33-30(37)31(23-6-4-3-5-7-23)20-34-26-16-17-38-28(26)18-27(34)29(36)35(31)19-22-8-12-24(32)13-9-22/h3-9,12-13,16-18,21,25H,2,10-11,14-15,19-20H2,1H3,(H,33,37). The van der Waals surface area contributed by atoms with Gasteiger partial charge in [0.15, 0.2) is 5.54 Å². The zero-order valence-electron chi connectivity index (χ0n) is 21.5. The van der Waals surface area contributed by atoms with Crippen LogP contribution in [0.15, 0.2) is 72.1 Å². The molecule has 38 heavy (non-hydrogen) atoms. The van der Waals surface area contributed by atoms with Crippen LogP contribution in [0, 0.1) is 11.7 Å². The summed E-state index contributed by atoms with van der Waals surface area (Å²) >= 11 is 1.59. The number of fused-ring (bicyclic) bond motifs is 3. The predicted octanol–water partition coefficient (Wildman–Crippen LogP) is 6.48. The van der Waals surface area contributed by atoms with Crippen LogP contribution >= 0.6 is 11.3 Å². The van der Waals surface area contributed by atoms with Crippen molar-refractivity contribution in [1.29, 1.82) is 0 Å². The fraction of sp³-hybridized carbons (Fsp3) is 0.355. The lowest BCUT2D eigenvalue weighted by Gasteiger charge is -2.47. The molecule has 1 fully saturated rings. The third-order valence-corrected chi connectivity index (χ3v) is 9.33. The molecule has 5 nitrogen and oxygen atoms in total. The van der Waals surface area contributed by atoms with E-state index in [1.54, 1.807) is 28.4 Å². The maximum Gasteiger partial charge on any atom is 0.272 e. The summed E-state index contributed by atoms with van der Waals surface area (Å²) in [5.41, 5.74) is 1.85. The van der Waals surface area contributed by atoms with E-state index in [2.05, 4.69) is 12.2 Å². The van der Waals surface area contributed by atoms with Crippen LogP contribution in [0.1, 0.15) is 60.6 Å². The van der Waals surface area contributed by atoms with Crippen molar-refractivity contribution in [1.82, 2.24) is 14.8 Å². The van der Waals surface area contributed by atoms with Crippen molar-refractivity contribution in [3.8, 4) is 0 Å². The van der Waals surface area contributed by atoms with Crippen molar-refractivity contribution in [2.75, 3.05) is 0 Å². The first-order chi connectivity index (χ1) is 18.5. The number of nitrogens with one attached hydrogen (secondary N) is 1. The van der Waals surface area contributed by atoms with E-state index in [4.69, 9.17) is 0 Å². The van der Waals surface area contributed by atoms with Gasteiger partial charge in [0.2, 0.25) is 0 Å². The smallest absolute Gasteiger partial charge is 0.272 e. The van der Waals surface area contributed by atoms with Gasteiger partial charge >= 0.3 is 0 Å². The summed E-state index contributed by atoms with van der Waals surface area (Å²) in [5, 5.41) is 5.40. The second kappa shape index (κ2) is 10.0. The fourth-order valence-electron chi connectivity index (χ4n) is 6.24. The van der Waals surface area contributed by atoms with Crippen molar-refractivity contribution in [3.05, 3.63) is 94.7 Å². The van der Waals surface area contributed by atoms with Gasteiger partial charge in [0.1, 0.15) is 11.5 Å². The molecular formula is C31H32FN3O2S. The van der Waals surface area contributed by atoms with E-state index in [0.717, 1.165) is 47.0 Å². The number of thiophene rings is 1. The van der Waals surface area contributed by atoms with E-state index in [-0.39, 0.29) is 30.2 Å². The van der Waals surface area contributed by atoms with Crippen LogP contribution in [-0.2, 0) is 23.4 Å². The van der Waals surface area contributed by atoms with Gasteiger partial charge in [-0.25, -0.2) is 4.39 Å². The number of aromatic nitrogens is 1. The summed E-state index contributed by atoms with van der Waals surface area (Å²) in [7, 11) is 0. The average molecular weight is 530 g/mol. The highest BCUT2D eigenvalue weighted by atomic mass is 32.1. The molecule has 0 saturated heterocycles. The second-order valence-electron chi connectivity index (χ2n) is 10.6. The summed E-state index contributed by atoms with van der Waals surface area (Å²) < 4.78 is 16.8. The SMILES string of the molecule is CCC1CCC(NC(=O)C2(c3ccccc3)Cn3c(cc4sccc43)C(=O)N2Cc2ccc(F)cc2)CC1. The number of carbonyl (C=O) groups excluding carboxylic acids is 2. The molecule has 2 aromatic carbocycles. The Bertz CT molecular complexity index is 1450. The molecule has 0 bridgehead atoms. The average Bonchev–Trinajstić information content (AvgIpc) is 3.54. The van der Waals surface area contributed by atoms with E-state index < -0.39 is 5.54 Å². The van der Waals surface area contributed by atoms with E-state index in [0.29, 0.717) is 18.2 Å². The lowest BCUT2D eigenvalue weighted by Crippen LogP contribution is -2.64. The maximum atomic E-state index is 14.6. The molecule has 0 spiro atoms. The third-order valence-electron chi connectivity index (χ3n) is 8.48. The Morgan fingerprint density at radius 1 is 1.05 bits per heavy atom. The zero-order valence-corrected chi connectivity index (χ0v) is 22.3. The largest absolute Gasteiger partial charge is 0.351 e. The number of hydrogen-bond donors (Lipinski definition) is 1. The lowest BCUT2D eigenvalue weighted by molar-refractivity contribution is -0.136. The van der Waals surface area contributed by atoms with Crippen LogP contribution in [0.2, 0.25) is 0 Å². The quantitative estimate of drug-likeness (QED) is 0.311. The number of amides is 2. The van der Waals surface area contributed by atoms with Crippen LogP contribution in [0.5, 0.6) is 0 Å². The molecule has 1 saturated carbocycles. The number of benzene rings is 2. The Hall–Kier alpha value is -3.45. The molecule has 1 N–H and O–H groups in total. The Kier molecular flexibility index (Phi) is 6.56. The highest BCUT2D eigenvalue weighted by Gasteiger charge is 2.53. The van der Waals surface area contributed by atoms with E-state index in [9.17, 15) is 14.0 Å². The van der Waals surface area contributed by atoms with Crippen molar-refractivity contribution in [2.45, 2.75) is 63.7 Å². The minimum absolute atomic E-state index is 0.0842. The van der Waals surface area contributed by atoms with Gasteiger partial charge in [0, 0.05) is 12.6 Å². The van der Waals surface area contributed by atoms with Crippen LogP contribution in [-0.4, -0.2) is 27.3 Å². The summed E-state index contributed by atoms with van der Waals surface area (Å²) in [6.07, 6.45) is 5.28. The second-order valence-corrected chi connectivity index (χ2v) is 11.6. The summed E-state index contributed by atoms with van der Waals surface area (Å²) in [5.74, 6) is 0.0360. The maximum absolute atomic E-state index is 14.6. The van der Waals surface area contributed by atoms with Crippen molar-refractivity contribution in [3.63, 3.8) is 0 Å². The molecule has 1 aliphatic carbocycles. The Morgan fingerprint density at radius 3 is 2.50 bits per heavy atom. The first kappa shape index (κ1) is 24.9. The molecule has 196 valence electrons. The normalized spacial score (nSPS) is 23.4. The van der Waals surface area contributed by atoms with Gasteiger partial charge in [0.25, 0.3) is 11.8 Å². The van der Waals surface area contributed by atoms with Gasteiger partial charge in [0.05, 0.1) is 16.8 Å². The van der Waals surface area contributed by atoms with Crippen molar-refractivity contribution >= 4 is 33.4 Å². The first-order valence-electron chi connectivity index (χ1n) is 13.5. The van der Waals surface area contributed by atoms with Crippen LogP contribution in [0.4, 0.5) is 4.39 Å². The molecular weight excluding hydrogens is 497 g/mol. The number of carbonyl (C=O) groups is 2. The molecule has 1 atom stereocenters. The molecule has 3 heterocycles. The van der Waals surface area contributed by atoms with Crippen molar-refractivity contribution < 1.29 is 14.0 Å². The highest BCUT2D eigenvalue weighted by Crippen LogP contribution is 2.41. The Labute approximate surface area is 226 Å². The minimum Gasteiger partial charge on any atom is -0.351 e. The summed E-state index contributed by atoms with van der Waals surface area (Å²) in [6.45, 7) is 2.74. The highest BCUT2D eigenvalue weighted by molar-refractivity contribution is 7.17. The molecule has 6 rings (SSSR count). The molecule has 2 amide bonds. The van der Waals surface area contributed by atoms with Gasteiger partial charge in [-0.3, -0.25) is 9.59 Å². The summed E-state index contributed by atoms with van der Waals surface area (Å²) in [4.78, 5) is 30.6. The van der Waals surface area contributed by atoms with Gasteiger partial charge in [-0.2, -0.15) is 0 Å². The first-order valence-corrected chi connectivity index (χ1v) is 14.4. The van der Waals surface area contributed by atoms with E-state index >= 15 is 0 Å². The molecule has 4 aromatic rings. The number of hydrogen-bond acceptors (Lipinski definition) is 3.